The van der Waals surface area contributed by atoms with Crippen molar-refractivity contribution in [2.45, 2.75) is 314 Å². The Hall–Kier alpha value is -11.7. The second-order valence-electron chi connectivity index (χ2n) is 52.4. The van der Waals surface area contributed by atoms with Crippen molar-refractivity contribution in [3.05, 3.63) is 327 Å². The Bertz CT molecular complexity index is 7850. The van der Waals surface area contributed by atoms with Gasteiger partial charge in [-0.2, -0.15) is 0 Å². The fraction of sp³-hybridized carbons (Fsp3) is 0.364. The standard InChI is InChI=1S/C132H151BN4/c1-121(2,3)84-51-49-80(50-52-84)99-74-92(129(25,26)27)77-105(101-71-85(122(4,5)6)53-58-107(101)132(34,35)36)119(99)136-114-78-94(134-110-47-41-38-44-97(110)98-45-39-42-48-111(98)134)56-59-108(114)133-109-60-57-95(135-112-61-54-86(123(7,8)9)72-102(112)103-73-87(124(10,11)12)55-62-113(103)135)79-115(109)137(117-68-82(67-116(136)118(117)133)81-63-88(125(13,14)15)69-89(64-81)126(16,17)18)120-100(83-65-90(127(19,20)21)70-91(66-83)128(22,23)24)75-93(130(28,29)30)76-104(120)96-43-37-40-46-106(96)131(31,32)33/h37-79H,1-36H3/i38D,39D,41D,42D,44D,45D,47D,48D. The van der Waals surface area contributed by atoms with E-state index in [-0.39, 0.29) is 82.6 Å². The van der Waals surface area contributed by atoms with Crippen LogP contribution in [0.5, 0.6) is 0 Å². The number of rotatable bonds is 9. The van der Waals surface area contributed by atoms with Crippen molar-refractivity contribution >= 4 is 101 Å². The second-order valence-corrected chi connectivity index (χ2v) is 52.4. The first-order chi connectivity index (χ1) is 66.8. The van der Waals surface area contributed by atoms with Gasteiger partial charge < -0.3 is 18.9 Å². The maximum Gasteiger partial charge on any atom is 0.252 e. The van der Waals surface area contributed by atoms with Crippen LogP contribution in [0.15, 0.2) is 261 Å². The first-order valence-corrected chi connectivity index (χ1v) is 50.1. The summed E-state index contributed by atoms with van der Waals surface area (Å²) < 4.78 is 83.1. The van der Waals surface area contributed by atoms with Crippen molar-refractivity contribution < 1.29 is 11.0 Å². The average Bonchev–Trinajstić information content (AvgIpc) is 1.66. The van der Waals surface area contributed by atoms with Crippen molar-refractivity contribution in [1.29, 1.82) is 0 Å². The van der Waals surface area contributed by atoms with Gasteiger partial charge in [0.15, 0.2) is 0 Å². The molecule has 0 atom stereocenters. The summed E-state index contributed by atoms with van der Waals surface area (Å²) in [5.74, 6) is 0. The summed E-state index contributed by atoms with van der Waals surface area (Å²) in [4.78, 5) is 5.36. The highest BCUT2D eigenvalue weighted by atomic mass is 15.2. The lowest BCUT2D eigenvalue weighted by molar-refractivity contribution is 0.568. The molecule has 0 spiro atoms. The van der Waals surface area contributed by atoms with Gasteiger partial charge in [-0.25, -0.2) is 0 Å². The van der Waals surface area contributed by atoms with Gasteiger partial charge in [0.05, 0.1) is 44.4 Å². The van der Waals surface area contributed by atoms with E-state index in [1.54, 1.807) is 4.57 Å². The van der Waals surface area contributed by atoms with Crippen LogP contribution in [-0.2, 0) is 65.0 Å². The number of para-hydroxylation sites is 2. The van der Waals surface area contributed by atoms with Crippen LogP contribution in [0.4, 0.5) is 34.1 Å². The Morgan fingerprint density at radius 3 is 0.942 bits per heavy atom. The zero-order chi connectivity index (χ0) is 106. The molecule has 0 radical (unpaired) electrons. The van der Waals surface area contributed by atoms with Crippen LogP contribution in [0, 0.1) is 0 Å². The Labute approximate surface area is 834 Å². The lowest BCUT2D eigenvalue weighted by Crippen LogP contribution is -2.61. The highest BCUT2D eigenvalue weighted by molar-refractivity contribution is 7.00. The molecule has 0 bridgehead atoms. The van der Waals surface area contributed by atoms with E-state index >= 15 is 0 Å². The molecular weight excluding hydrogens is 1650 g/mol. The Kier molecular flexibility index (Phi) is 20.3. The lowest BCUT2D eigenvalue weighted by Gasteiger charge is -2.46. The molecule has 14 aromatic carbocycles. The normalized spacial score (nSPS) is 14.8. The number of hydrogen-bond acceptors (Lipinski definition) is 2. The summed E-state index contributed by atoms with van der Waals surface area (Å²) in [6, 6.07) is 80.4. The lowest BCUT2D eigenvalue weighted by atomic mass is 9.33. The van der Waals surface area contributed by atoms with Crippen molar-refractivity contribution in [1.82, 2.24) is 9.13 Å². The zero-order valence-corrected chi connectivity index (χ0v) is 89.1. The first-order valence-electron chi connectivity index (χ1n) is 54.1. The monoisotopic (exact) mass is 1810 g/mol. The van der Waals surface area contributed by atoms with E-state index in [1.165, 1.54) is 66.4 Å². The number of anilines is 6. The maximum atomic E-state index is 10.3. The predicted molar refractivity (Wildman–Crippen MR) is 601 cm³/mol. The van der Waals surface area contributed by atoms with Crippen molar-refractivity contribution in [2.24, 2.45) is 0 Å². The van der Waals surface area contributed by atoms with Gasteiger partial charge >= 0.3 is 0 Å². The molecule has 2 aliphatic rings. The van der Waals surface area contributed by atoms with Crippen molar-refractivity contribution in [2.75, 3.05) is 9.80 Å². The molecule has 4 nitrogen and oxygen atoms in total. The highest BCUT2D eigenvalue weighted by Gasteiger charge is 2.48. The number of benzene rings is 14. The van der Waals surface area contributed by atoms with Crippen LogP contribution in [0.3, 0.4) is 0 Å². The quantitative estimate of drug-likeness (QED) is 0.134. The van der Waals surface area contributed by atoms with E-state index in [4.69, 9.17) is 0 Å². The molecular formula is C132H151BN4. The molecule has 18 rings (SSSR count). The molecule has 0 saturated carbocycles. The molecule has 2 aromatic heterocycles. The van der Waals surface area contributed by atoms with Crippen molar-refractivity contribution in [3.8, 4) is 67.0 Å². The zero-order valence-electron chi connectivity index (χ0n) is 97.1. The van der Waals surface area contributed by atoms with Crippen LogP contribution < -0.4 is 26.2 Å². The smallest absolute Gasteiger partial charge is 0.252 e. The minimum Gasteiger partial charge on any atom is -0.310 e. The van der Waals surface area contributed by atoms with Gasteiger partial charge in [-0.15, -0.1) is 0 Å². The molecule has 0 fully saturated rings. The van der Waals surface area contributed by atoms with E-state index in [2.05, 4.69) is 476 Å². The maximum absolute atomic E-state index is 10.3. The second kappa shape index (κ2) is 32.5. The third kappa shape index (κ3) is 17.3. The summed E-state index contributed by atoms with van der Waals surface area (Å²) in [7, 11) is 0. The molecule has 0 N–H and O–H groups in total. The molecule has 16 aromatic rings. The summed E-state index contributed by atoms with van der Waals surface area (Å²) in [5.41, 5.74) is 33.3. The summed E-state index contributed by atoms with van der Waals surface area (Å²) in [6.45, 7) is 83.4. The Morgan fingerprint density at radius 2 is 0.533 bits per heavy atom. The topological polar surface area (TPSA) is 16.3 Å². The predicted octanol–water partition coefficient (Wildman–Crippen LogP) is 35.9. The van der Waals surface area contributed by atoms with Gasteiger partial charge in [0, 0.05) is 77.9 Å². The molecule has 702 valence electrons. The van der Waals surface area contributed by atoms with Crippen LogP contribution in [0.1, 0.15) is 327 Å². The van der Waals surface area contributed by atoms with E-state index in [0.29, 0.717) is 5.69 Å². The number of hydrogen-bond donors (Lipinski definition) is 0. The Morgan fingerprint density at radius 1 is 0.212 bits per heavy atom. The van der Waals surface area contributed by atoms with Crippen LogP contribution in [0.2, 0.25) is 0 Å². The molecule has 5 heteroatoms. The molecule has 137 heavy (non-hydrogen) atoms. The summed E-state index contributed by atoms with van der Waals surface area (Å²) >= 11 is 0. The van der Waals surface area contributed by atoms with Crippen LogP contribution in [0.25, 0.3) is 111 Å². The minimum absolute atomic E-state index is 0.00704. The van der Waals surface area contributed by atoms with Crippen LogP contribution >= 0.6 is 0 Å². The van der Waals surface area contributed by atoms with Crippen molar-refractivity contribution in [3.63, 3.8) is 0 Å². The summed E-state index contributed by atoms with van der Waals surface area (Å²) in [6.07, 6.45) is 0. The highest BCUT2D eigenvalue weighted by Crippen LogP contribution is 2.59. The van der Waals surface area contributed by atoms with Gasteiger partial charge in [-0.1, -0.05) is 413 Å². The largest absolute Gasteiger partial charge is 0.310 e. The fourth-order valence-electron chi connectivity index (χ4n) is 21.0. The van der Waals surface area contributed by atoms with E-state index in [9.17, 15) is 11.0 Å². The third-order valence-electron chi connectivity index (χ3n) is 29.5. The minimum atomic E-state index is -0.624. The van der Waals surface area contributed by atoms with Crippen LogP contribution in [-0.4, -0.2) is 15.8 Å². The van der Waals surface area contributed by atoms with E-state index in [1.807, 2.05) is 0 Å². The SMILES string of the molecule is [2H]c1c([2H])c([2H])c2c(c1[2H])c1c([2H])c([2H])c([2H])c([2H])c1n2-c1ccc2c(c1)N(c1c(-c3ccc(C(C)(C)C)cc3)cc(C(C)(C)C)cc1-c1cc(C(C)(C)C)ccc1C(C)(C)C)c1cc(-c3cc(C(C)(C)C)cc(C(C)(C)C)c3)cc3c1B2c1ccc(-n2c4ccc(C(C)(C)C)cc4c4cc(C(C)(C)C)ccc42)cc1N3c1c(-c2cc(C(C)(C)C)cc(C(C)(C)C)c2)cc(C(C)(C)C)cc1-c1ccccc1C(C)(C)C. The van der Waals surface area contributed by atoms with Gasteiger partial charge in [-0.3, -0.25) is 0 Å². The summed E-state index contributed by atoms with van der Waals surface area (Å²) in [5, 5.41) is 2.37. The molecule has 2 aliphatic heterocycles. The number of nitrogens with zero attached hydrogens (tertiary/aromatic N) is 4. The molecule has 0 aliphatic carbocycles. The fourth-order valence-corrected chi connectivity index (χ4v) is 21.0. The average molecular weight is 1810 g/mol. The Balaban J connectivity index is 1.16. The molecule has 4 heterocycles. The van der Waals surface area contributed by atoms with Gasteiger partial charge in [-0.05, 0) is 279 Å². The van der Waals surface area contributed by atoms with Gasteiger partial charge in [0.2, 0.25) is 0 Å². The molecule has 0 saturated heterocycles. The molecule has 0 amide bonds. The van der Waals surface area contributed by atoms with E-state index in [0.717, 1.165) is 134 Å². The third-order valence-corrected chi connectivity index (χ3v) is 29.5. The van der Waals surface area contributed by atoms with Gasteiger partial charge in [0.25, 0.3) is 6.71 Å². The number of aromatic nitrogens is 2. The first kappa shape index (κ1) is 85.7. The number of fused-ring (bicyclic) bond motifs is 10. The molecule has 0 unspecified atom stereocenters. The van der Waals surface area contributed by atoms with E-state index < -0.39 is 59.2 Å². The van der Waals surface area contributed by atoms with Gasteiger partial charge in [0.1, 0.15) is 0 Å².